The molecule has 1 heterocycles. The van der Waals surface area contributed by atoms with Crippen molar-refractivity contribution in [3.05, 3.63) is 29.6 Å². The summed E-state index contributed by atoms with van der Waals surface area (Å²) in [5.41, 5.74) is 6.97. The summed E-state index contributed by atoms with van der Waals surface area (Å²) in [7, 11) is 0. The smallest absolute Gasteiger partial charge is 0.129 e. The number of nitrogen functional groups attached to an aromatic ring is 1. The molecule has 1 aliphatic heterocycles. The number of aliphatic hydroxyl groups is 1. The monoisotopic (exact) mass is 252 g/mol. The van der Waals surface area contributed by atoms with Crippen LogP contribution in [-0.4, -0.2) is 29.2 Å². The van der Waals surface area contributed by atoms with Crippen LogP contribution in [0.4, 0.5) is 10.1 Å². The van der Waals surface area contributed by atoms with Crippen molar-refractivity contribution in [1.82, 2.24) is 4.90 Å². The number of likely N-dealkylation sites (tertiary alicyclic amines) is 1. The third-order valence-corrected chi connectivity index (χ3v) is 3.71. The lowest BCUT2D eigenvalue weighted by Crippen LogP contribution is -2.29. The van der Waals surface area contributed by atoms with Crippen molar-refractivity contribution in [2.75, 3.05) is 18.9 Å². The molecule has 18 heavy (non-hydrogen) atoms. The molecule has 0 radical (unpaired) electrons. The minimum Gasteiger partial charge on any atom is -0.398 e. The van der Waals surface area contributed by atoms with Gasteiger partial charge in [0.1, 0.15) is 5.82 Å². The van der Waals surface area contributed by atoms with Gasteiger partial charge in [0, 0.05) is 30.4 Å². The highest BCUT2D eigenvalue weighted by Gasteiger charge is 2.25. The summed E-state index contributed by atoms with van der Waals surface area (Å²) in [6.45, 7) is 1.80. The summed E-state index contributed by atoms with van der Waals surface area (Å²) in [6.07, 6.45) is 4.07. The molecule has 2 rings (SSSR count). The summed E-state index contributed by atoms with van der Waals surface area (Å²) in [5.74, 6) is -0.220. The number of nitrogens with two attached hydrogens (primary N) is 1. The van der Waals surface area contributed by atoms with E-state index < -0.39 is 0 Å². The first-order chi connectivity index (χ1) is 8.72. The molecule has 1 saturated heterocycles. The Kier molecular flexibility index (Phi) is 4.55. The van der Waals surface area contributed by atoms with Gasteiger partial charge in [0.15, 0.2) is 0 Å². The molecule has 3 N–H and O–H groups in total. The van der Waals surface area contributed by atoms with Gasteiger partial charge in [0.25, 0.3) is 0 Å². The van der Waals surface area contributed by atoms with Crippen molar-refractivity contribution >= 4 is 5.69 Å². The van der Waals surface area contributed by atoms with Crippen LogP contribution in [0.25, 0.3) is 0 Å². The molecule has 1 unspecified atom stereocenters. The zero-order valence-corrected chi connectivity index (χ0v) is 10.6. The van der Waals surface area contributed by atoms with Gasteiger partial charge in [-0.15, -0.1) is 0 Å². The maximum absolute atomic E-state index is 13.7. The normalized spacial score (nSPS) is 20.4. The third kappa shape index (κ3) is 3.00. The average Bonchev–Trinajstić information content (AvgIpc) is 2.79. The van der Waals surface area contributed by atoms with Gasteiger partial charge in [0.2, 0.25) is 0 Å². The topological polar surface area (TPSA) is 49.5 Å². The summed E-state index contributed by atoms with van der Waals surface area (Å²) >= 11 is 0. The van der Waals surface area contributed by atoms with E-state index in [1.54, 1.807) is 12.1 Å². The van der Waals surface area contributed by atoms with Crippen LogP contribution in [0.5, 0.6) is 0 Å². The predicted octanol–water partition coefficient (Wildman–Crippen LogP) is 2.14. The van der Waals surface area contributed by atoms with Gasteiger partial charge >= 0.3 is 0 Å². The maximum atomic E-state index is 13.7. The number of hydrogen-bond donors (Lipinski definition) is 2. The van der Waals surface area contributed by atoms with Crippen LogP contribution in [-0.2, 0) is 6.54 Å². The summed E-state index contributed by atoms with van der Waals surface area (Å²) in [5, 5.41) is 8.89. The van der Waals surface area contributed by atoms with Crippen LogP contribution in [0, 0.1) is 5.82 Å². The zero-order valence-electron chi connectivity index (χ0n) is 10.6. The second kappa shape index (κ2) is 6.16. The Morgan fingerprint density at radius 3 is 3.00 bits per heavy atom. The molecule has 0 aromatic heterocycles. The Balaban J connectivity index is 2.03. The molecule has 1 atom stereocenters. The van der Waals surface area contributed by atoms with E-state index >= 15 is 0 Å². The lowest BCUT2D eigenvalue weighted by Gasteiger charge is -2.25. The lowest BCUT2D eigenvalue weighted by molar-refractivity contribution is 0.208. The van der Waals surface area contributed by atoms with Gasteiger partial charge < -0.3 is 10.8 Å². The van der Waals surface area contributed by atoms with Crippen molar-refractivity contribution in [2.24, 2.45) is 0 Å². The standard InChI is InChI=1S/C14H21FN2O/c15-13-6-1-7-14(16)12(13)10-17-8-2-4-11(17)5-3-9-18/h1,6-7,11,18H,2-5,8-10,16H2. The largest absolute Gasteiger partial charge is 0.398 e. The molecule has 1 aromatic rings. The molecular formula is C14H21FN2O. The molecule has 0 saturated carbocycles. The first kappa shape index (κ1) is 13.3. The van der Waals surface area contributed by atoms with E-state index in [-0.39, 0.29) is 12.4 Å². The fourth-order valence-corrected chi connectivity index (χ4v) is 2.70. The maximum Gasteiger partial charge on any atom is 0.129 e. The van der Waals surface area contributed by atoms with Crippen LogP contribution in [0.2, 0.25) is 0 Å². The van der Waals surface area contributed by atoms with Crippen LogP contribution in [0.1, 0.15) is 31.2 Å². The van der Waals surface area contributed by atoms with Crippen molar-refractivity contribution in [2.45, 2.75) is 38.3 Å². The van der Waals surface area contributed by atoms with E-state index in [9.17, 15) is 4.39 Å². The molecular weight excluding hydrogens is 231 g/mol. The number of nitrogens with zero attached hydrogens (tertiary/aromatic N) is 1. The molecule has 0 amide bonds. The second-order valence-electron chi connectivity index (χ2n) is 4.94. The summed E-state index contributed by atoms with van der Waals surface area (Å²) in [4.78, 5) is 2.28. The van der Waals surface area contributed by atoms with Crippen LogP contribution < -0.4 is 5.73 Å². The Morgan fingerprint density at radius 2 is 2.28 bits per heavy atom. The molecule has 1 aliphatic rings. The highest BCUT2D eigenvalue weighted by Crippen LogP contribution is 2.26. The van der Waals surface area contributed by atoms with Crippen molar-refractivity contribution in [3.63, 3.8) is 0 Å². The molecule has 0 spiro atoms. The van der Waals surface area contributed by atoms with Crippen molar-refractivity contribution in [1.29, 1.82) is 0 Å². The minimum absolute atomic E-state index is 0.220. The van der Waals surface area contributed by atoms with Crippen LogP contribution >= 0.6 is 0 Å². The molecule has 1 fully saturated rings. The Bertz CT molecular complexity index is 377. The molecule has 100 valence electrons. The van der Waals surface area contributed by atoms with E-state index in [4.69, 9.17) is 10.8 Å². The van der Waals surface area contributed by atoms with Gasteiger partial charge in [-0.3, -0.25) is 4.90 Å². The summed E-state index contributed by atoms with van der Waals surface area (Å²) in [6, 6.07) is 5.31. The molecule has 0 aliphatic carbocycles. The SMILES string of the molecule is Nc1cccc(F)c1CN1CCCC1CCCO. The minimum atomic E-state index is -0.220. The fourth-order valence-electron chi connectivity index (χ4n) is 2.70. The van der Waals surface area contributed by atoms with E-state index in [1.807, 2.05) is 0 Å². The Labute approximate surface area is 107 Å². The van der Waals surface area contributed by atoms with E-state index in [0.29, 0.717) is 23.8 Å². The number of benzene rings is 1. The lowest BCUT2D eigenvalue weighted by atomic mass is 10.1. The summed E-state index contributed by atoms with van der Waals surface area (Å²) < 4.78 is 13.7. The van der Waals surface area contributed by atoms with Crippen LogP contribution in [0.15, 0.2) is 18.2 Å². The highest BCUT2D eigenvalue weighted by molar-refractivity contribution is 5.47. The fraction of sp³-hybridized carbons (Fsp3) is 0.571. The van der Waals surface area contributed by atoms with Crippen LogP contribution in [0.3, 0.4) is 0 Å². The molecule has 4 heteroatoms. The van der Waals surface area contributed by atoms with Crippen molar-refractivity contribution in [3.8, 4) is 0 Å². The quantitative estimate of drug-likeness (QED) is 0.789. The van der Waals surface area contributed by atoms with Gasteiger partial charge in [0.05, 0.1) is 0 Å². The van der Waals surface area contributed by atoms with Gasteiger partial charge in [-0.1, -0.05) is 6.07 Å². The predicted molar refractivity (Wildman–Crippen MR) is 70.6 cm³/mol. The number of anilines is 1. The van der Waals surface area contributed by atoms with Gasteiger partial charge in [-0.05, 0) is 44.4 Å². The Hall–Kier alpha value is -1.13. The van der Waals surface area contributed by atoms with Crippen molar-refractivity contribution < 1.29 is 9.50 Å². The van der Waals surface area contributed by atoms with Gasteiger partial charge in [-0.25, -0.2) is 4.39 Å². The third-order valence-electron chi connectivity index (χ3n) is 3.71. The van der Waals surface area contributed by atoms with Gasteiger partial charge in [-0.2, -0.15) is 0 Å². The van der Waals surface area contributed by atoms with E-state index in [0.717, 1.165) is 32.2 Å². The first-order valence-electron chi connectivity index (χ1n) is 6.60. The number of aliphatic hydroxyl groups excluding tert-OH is 1. The Morgan fingerprint density at radius 1 is 1.44 bits per heavy atom. The molecule has 0 bridgehead atoms. The second-order valence-corrected chi connectivity index (χ2v) is 4.94. The zero-order chi connectivity index (χ0) is 13.0. The van der Waals surface area contributed by atoms with E-state index in [1.165, 1.54) is 6.07 Å². The average molecular weight is 252 g/mol. The highest BCUT2D eigenvalue weighted by atomic mass is 19.1. The molecule has 1 aromatic carbocycles. The number of hydrogen-bond acceptors (Lipinski definition) is 3. The first-order valence-corrected chi connectivity index (χ1v) is 6.60. The number of rotatable bonds is 5. The number of halogens is 1. The molecule has 3 nitrogen and oxygen atoms in total. The van der Waals surface area contributed by atoms with E-state index in [2.05, 4.69) is 4.90 Å².